The number of rotatable bonds is 5. The molecule has 2 unspecified atom stereocenters. The Morgan fingerprint density at radius 1 is 1.24 bits per heavy atom. The van der Waals surface area contributed by atoms with Gasteiger partial charge in [0.2, 0.25) is 0 Å². The van der Waals surface area contributed by atoms with Gasteiger partial charge in [0.1, 0.15) is 0 Å². The normalized spacial score (nSPS) is 26.7. The highest BCUT2D eigenvalue weighted by Crippen LogP contribution is 2.54. The topological polar surface area (TPSA) is 70.6 Å². The summed E-state index contributed by atoms with van der Waals surface area (Å²) in [7, 11) is 0. The molecule has 1 aliphatic carbocycles. The standard InChI is InChI=1S/C20H30N2O3/c1-18(2)12-15(19(3,4)25-18)22-17(24)21-13-20(10-11-20)16(23)14-8-6-5-7-9-14/h5-9,15-16,23H,10-13H2,1-4H3,(H2,21,22,24). The van der Waals surface area contributed by atoms with Crippen molar-refractivity contribution in [1.29, 1.82) is 0 Å². The Morgan fingerprint density at radius 3 is 2.40 bits per heavy atom. The minimum Gasteiger partial charge on any atom is -0.388 e. The lowest BCUT2D eigenvalue weighted by molar-refractivity contribution is -0.0690. The minimum absolute atomic E-state index is 0.0308. The van der Waals surface area contributed by atoms with E-state index in [1.807, 2.05) is 58.0 Å². The third-order valence-corrected chi connectivity index (χ3v) is 5.57. The molecule has 0 aromatic heterocycles. The molecule has 2 aliphatic rings. The van der Waals surface area contributed by atoms with Crippen molar-refractivity contribution >= 4 is 6.03 Å². The lowest BCUT2D eigenvalue weighted by Gasteiger charge is -2.28. The highest BCUT2D eigenvalue weighted by atomic mass is 16.5. The zero-order valence-electron chi connectivity index (χ0n) is 15.6. The smallest absolute Gasteiger partial charge is 0.315 e. The van der Waals surface area contributed by atoms with Crippen molar-refractivity contribution in [2.24, 2.45) is 5.41 Å². The van der Waals surface area contributed by atoms with Gasteiger partial charge in [-0.3, -0.25) is 0 Å². The fourth-order valence-corrected chi connectivity index (χ4v) is 3.95. The van der Waals surface area contributed by atoms with Gasteiger partial charge in [-0.2, -0.15) is 0 Å². The predicted molar refractivity (Wildman–Crippen MR) is 97.3 cm³/mol. The molecule has 1 heterocycles. The molecule has 3 N–H and O–H groups in total. The monoisotopic (exact) mass is 346 g/mol. The first-order valence-electron chi connectivity index (χ1n) is 9.11. The van der Waals surface area contributed by atoms with E-state index in [0.717, 1.165) is 24.8 Å². The number of carbonyl (C=O) groups excluding carboxylic acids is 1. The van der Waals surface area contributed by atoms with Gasteiger partial charge >= 0.3 is 6.03 Å². The second kappa shape index (κ2) is 6.29. The molecular formula is C20H30N2O3. The van der Waals surface area contributed by atoms with Crippen molar-refractivity contribution in [3.8, 4) is 0 Å². The average molecular weight is 346 g/mol. The Morgan fingerprint density at radius 2 is 1.88 bits per heavy atom. The van der Waals surface area contributed by atoms with E-state index in [1.54, 1.807) is 0 Å². The van der Waals surface area contributed by atoms with Crippen LogP contribution in [-0.2, 0) is 4.74 Å². The molecule has 1 aliphatic heterocycles. The number of hydrogen-bond donors (Lipinski definition) is 3. The molecule has 0 spiro atoms. The SMILES string of the molecule is CC1(C)CC(NC(=O)NCC2(C(O)c3ccccc3)CC2)C(C)(C)O1. The maximum absolute atomic E-state index is 12.4. The van der Waals surface area contributed by atoms with Crippen LogP contribution in [0.15, 0.2) is 30.3 Å². The summed E-state index contributed by atoms with van der Waals surface area (Å²) in [5.41, 5.74) is 0.0542. The molecule has 2 fully saturated rings. The maximum atomic E-state index is 12.4. The first-order valence-corrected chi connectivity index (χ1v) is 9.11. The van der Waals surface area contributed by atoms with Gasteiger partial charge < -0.3 is 20.5 Å². The molecule has 5 nitrogen and oxygen atoms in total. The van der Waals surface area contributed by atoms with Crippen LogP contribution in [0.3, 0.4) is 0 Å². The number of amides is 2. The van der Waals surface area contributed by atoms with Crippen molar-refractivity contribution in [2.45, 2.75) is 70.3 Å². The Hall–Kier alpha value is -1.59. The van der Waals surface area contributed by atoms with Crippen LogP contribution in [0.5, 0.6) is 0 Å². The van der Waals surface area contributed by atoms with Crippen LogP contribution in [0.2, 0.25) is 0 Å². The Kier molecular flexibility index (Phi) is 4.58. The second-order valence-corrected chi connectivity index (χ2v) is 8.72. The molecule has 0 radical (unpaired) electrons. The molecule has 2 amide bonds. The Bertz CT molecular complexity index is 623. The molecule has 3 rings (SSSR count). The minimum atomic E-state index is -0.542. The van der Waals surface area contributed by atoms with Crippen LogP contribution in [-0.4, -0.2) is 34.9 Å². The van der Waals surface area contributed by atoms with Gasteiger partial charge in [-0.15, -0.1) is 0 Å². The largest absolute Gasteiger partial charge is 0.388 e. The number of benzene rings is 1. The number of urea groups is 1. The zero-order chi connectivity index (χ0) is 18.3. The van der Waals surface area contributed by atoms with E-state index in [4.69, 9.17) is 4.74 Å². The van der Waals surface area contributed by atoms with Crippen LogP contribution < -0.4 is 10.6 Å². The molecule has 1 aromatic carbocycles. The van der Waals surface area contributed by atoms with E-state index < -0.39 is 6.10 Å². The summed E-state index contributed by atoms with van der Waals surface area (Å²) in [6, 6.07) is 9.45. The van der Waals surface area contributed by atoms with Crippen LogP contribution in [0.25, 0.3) is 0 Å². The third kappa shape index (κ3) is 3.98. The molecular weight excluding hydrogens is 316 g/mol. The van der Waals surface area contributed by atoms with Crippen LogP contribution >= 0.6 is 0 Å². The van der Waals surface area contributed by atoms with Crippen molar-refractivity contribution in [1.82, 2.24) is 10.6 Å². The average Bonchev–Trinajstić information content (AvgIpc) is 3.28. The predicted octanol–water partition coefficient (Wildman–Crippen LogP) is 3.15. The van der Waals surface area contributed by atoms with Crippen molar-refractivity contribution < 1.29 is 14.6 Å². The van der Waals surface area contributed by atoms with Gasteiger partial charge in [-0.1, -0.05) is 30.3 Å². The summed E-state index contributed by atoms with van der Waals surface area (Å²) in [5, 5.41) is 16.7. The van der Waals surface area contributed by atoms with Gasteiger partial charge in [0, 0.05) is 12.0 Å². The van der Waals surface area contributed by atoms with Gasteiger partial charge in [-0.25, -0.2) is 4.79 Å². The number of carbonyl (C=O) groups is 1. The van der Waals surface area contributed by atoms with E-state index in [-0.39, 0.29) is 28.7 Å². The zero-order valence-corrected chi connectivity index (χ0v) is 15.6. The summed E-state index contributed by atoms with van der Waals surface area (Å²) in [4.78, 5) is 12.4. The number of ether oxygens (including phenoxy) is 1. The Balaban J connectivity index is 1.54. The summed E-state index contributed by atoms with van der Waals surface area (Å²) in [5.74, 6) is 0. The summed E-state index contributed by atoms with van der Waals surface area (Å²) in [6.07, 6.45) is 2.09. The Labute approximate surface area is 150 Å². The van der Waals surface area contributed by atoms with E-state index in [2.05, 4.69) is 10.6 Å². The van der Waals surface area contributed by atoms with Gasteiger partial charge in [0.25, 0.3) is 0 Å². The molecule has 0 bridgehead atoms. The van der Waals surface area contributed by atoms with Crippen LogP contribution in [0.4, 0.5) is 4.79 Å². The van der Waals surface area contributed by atoms with Crippen molar-refractivity contribution in [3.63, 3.8) is 0 Å². The highest BCUT2D eigenvalue weighted by molar-refractivity contribution is 5.74. The third-order valence-electron chi connectivity index (χ3n) is 5.57. The molecule has 5 heteroatoms. The molecule has 1 saturated heterocycles. The van der Waals surface area contributed by atoms with E-state index in [1.165, 1.54) is 0 Å². The van der Waals surface area contributed by atoms with Crippen LogP contribution in [0, 0.1) is 5.41 Å². The number of aliphatic hydroxyl groups is 1. The van der Waals surface area contributed by atoms with E-state index in [0.29, 0.717) is 6.54 Å². The van der Waals surface area contributed by atoms with Crippen LogP contribution in [0.1, 0.15) is 58.6 Å². The summed E-state index contributed by atoms with van der Waals surface area (Å²) >= 11 is 0. The molecule has 1 aromatic rings. The lowest BCUT2D eigenvalue weighted by atomic mass is 9.92. The second-order valence-electron chi connectivity index (χ2n) is 8.72. The molecule has 138 valence electrons. The van der Waals surface area contributed by atoms with Gasteiger partial charge in [-0.05, 0) is 52.5 Å². The van der Waals surface area contributed by atoms with Gasteiger partial charge in [0.15, 0.2) is 0 Å². The maximum Gasteiger partial charge on any atom is 0.315 e. The lowest BCUT2D eigenvalue weighted by Crippen LogP contribution is -2.50. The summed E-state index contributed by atoms with van der Waals surface area (Å²) in [6.45, 7) is 8.59. The van der Waals surface area contributed by atoms with Gasteiger partial charge in [0.05, 0.1) is 23.3 Å². The summed E-state index contributed by atoms with van der Waals surface area (Å²) < 4.78 is 6.02. The molecule has 2 atom stereocenters. The number of nitrogens with one attached hydrogen (secondary N) is 2. The highest BCUT2D eigenvalue weighted by Gasteiger charge is 2.50. The fourth-order valence-electron chi connectivity index (χ4n) is 3.95. The van der Waals surface area contributed by atoms with Crippen molar-refractivity contribution in [2.75, 3.05) is 6.54 Å². The number of hydrogen-bond acceptors (Lipinski definition) is 3. The fraction of sp³-hybridized carbons (Fsp3) is 0.650. The van der Waals surface area contributed by atoms with E-state index in [9.17, 15) is 9.90 Å². The first-order chi connectivity index (χ1) is 11.6. The van der Waals surface area contributed by atoms with Crippen molar-refractivity contribution in [3.05, 3.63) is 35.9 Å². The molecule has 25 heavy (non-hydrogen) atoms. The first kappa shape index (κ1) is 18.2. The quantitative estimate of drug-likeness (QED) is 0.767. The number of aliphatic hydroxyl groups excluding tert-OH is 1. The molecule has 1 saturated carbocycles. The van der Waals surface area contributed by atoms with E-state index >= 15 is 0 Å².